The Balaban J connectivity index is 0.00000144. The summed E-state index contributed by atoms with van der Waals surface area (Å²) in [6.45, 7) is 0.608. The third-order valence-corrected chi connectivity index (χ3v) is 3.01. The Morgan fingerprint density at radius 3 is 2.59 bits per heavy atom. The summed E-state index contributed by atoms with van der Waals surface area (Å²) in [5.41, 5.74) is 0.958. The third-order valence-electron chi connectivity index (χ3n) is 2.16. The number of pyridine rings is 1. The molecule has 17 heavy (non-hydrogen) atoms. The summed E-state index contributed by atoms with van der Waals surface area (Å²) in [5.74, 6) is 0.818. The van der Waals surface area contributed by atoms with E-state index in [4.69, 9.17) is 23.2 Å². The van der Waals surface area contributed by atoms with E-state index >= 15 is 0 Å². The Morgan fingerprint density at radius 2 is 1.88 bits per heavy atom. The summed E-state index contributed by atoms with van der Waals surface area (Å²) in [6.07, 6.45) is 1.74. The molecule has 0 aliphatic rings. The Morgan fingerprint density at radius 1 is 1.06 bits per heavy atom. The molecule has 0 saturated carbocycles. The fraction of sp³-hybridized carbons (Fsp3) is 0.0833. The molecule has 1 aromatic carbocycles. The van der Waals surface area contributed by atoms with Crippen LogP contribution in [0.25, 0.3) is 0 Å². The summed E-state index contributed by atoms with van der Waals surface area (Å²) >= 11 is 12.0. The average molecular weight is 290 g/mol. The predicted octanol–water partition coefficient (Wildman–Crippen LogP) is 4.42. The number of anilines is 1. The minimum Gasteiger partial charge on any atom is -0.366 e. The predicted molar refractivity (Wildman–Crippen MR) is 75.3 cm³/mol. The van der Waals surface area contributed by atoms with Gasteiger partial charge in [-0.1, -0.05) is 41.4 Å². The lowest BCUT2D eigenvalue weighted by Gasteiger charge is -2.07. The Hall–Kier alpha value is -0.960. The Labute approximate surface area is 116 Å². The van der Waals surface area contributed by atoms with Crippen molar-refractivity contribution >= 4 is 41.4 Å². The number of nitrogens with zero attached hydrogens (tertiary/aromatic N) is 1. The van der Waals surface area contributed by atoms with Crippen molar-refractivity contribution < 1.29 is 0 Å². The highest BCUT2D eigenvalue weighted by Crippen LogP contribution is 2.25. The van der Waals surface area contributed by atoms with Gasteiger partial charge in [-0.25, -0.2) is 4.98 Å². The van der Waals surface area contributed by atoms with Gasteiger partial charge < -0.3 is 5.32 Å². The van der Waals surface area contributed by atoms with Gasteiger partial charge in [-0.3, -0.25) is 0 Å². The maximum absolute atomic E-state index is 6.07. The molecule has 0 spiro atoms. The molecular formula is C12H11Cl3N2. The summed E-state index contributed by atoms with van der Waals surface area (Å²) < 4.78 is 0. The maximum atomic E-state index is 6.07. The molecular weight excluding hydrogens is 279 g/mol. The van der Waals surface area contributed by atoms with E-state index in [0.717, 1.165) is 11.4 Å². The first-order valence-corrected chi connectivity index (χ1v) is 5.61. The van der Waals surface area contributed by atoms with Crippen molar-refractivity contribution in [3.8, 4) is 0 Å². The van der Waals surface area contributed by atoms with E-state index in [1.165, 1.54) is 0 Å². The van der Waals surface area contributed by atoms with Crippen LogP contribution >= 0.6 is 35.6 Å². The topological polar surface area (TPSA) is 24.9 Å². The van der Waals surface area contributed by atoms with Crippen LogP contribution in [0.2, 0.25) is 10.0 Å². The van der Waals surface area contributed by atoms with Crippen molar-refractivity contribution in [1.29, 1.82) is 0 Å². The molecule has 0 radical (unpaired) electrons. The SMILES string of the molecule is Cl.Clc1cccc(CNc2ccccn2)c1Cl. The smallest absolute Gasteiger partial charge is 0.126 e. The highest BCUT2D eigenvalue weighted by molar-refractivity contribution is 6.42. The second-order valence-electron chi connectivity index (χ2n) is 3.28. The zero-order chi connectivity index (χ0) is 11.4. The van der Waals surface area contributed by atoms with Crippen LogP contribution in [0.1, 0.15) is 5.56 Å². The molecule has 0 amide bonds. The molecule has 0 aliphatic carbocycles. The summed E-state index contributed by atoms with van der Waals surface area (Å²) in [6, 6.07) is 11.3. The molecule has 1 N–H and O–H groups in total. The zero-order valence-electron chi connectivity index (χ0n) is 8.86. The second kappa shape index (κ2) is 6.70. The number of rotatable bonds is 3. The molecule has 1 aromatic heterocycles. The van der Waals surface area contributed by atoms with Gasteiger partial charge in [-0.15, -0.1) is 12.4 Å². The van der Waals surface area contributed by atoms with Gasteiger partial charge in [0.05, 0.1) is 10.0 Å². The zero-order valence-corrected chi connectivity index (χ0v) is 11.2. The highest BCUT2D eigenvalue weighted by atomic mass is 35.5. The van der Waals surface area contributed by atoms with Gasteiger partial charge in [0.2, 0.25) is 0 Å². The van der Waals surface area contributed by atoms with Crippen LogP contribution < -0.4 is 5.32 Å². The minimum absolute atomic E-state index is 0. The maximum Gasteiger partial charge on any atom is 0.126 e. The van der Waals surface area contributed by atoms with Crippen LogP contribution in [0, 0.1) is 0 Å². The van der Waals surface area contributed by atoms with Crippen molar-refractivity contribution in [3.63, 3.8) is 0 Å². The fourth-order valence-corrected chi connectivity index (χ4v) is 1.73. The van der Waals surface area contributed by atoms with Crippen molar-refractivity contribution in [2.24, 2.45) is 0 Å². The number of nitrogens with one attached hydrogen (secondary N) is 1. The van der Waals surface area contributed by atoms with Gasteiger partial charge >= 0.3 is 0 Å². The highest BCUT2D eigenvalue weighted by Gasteiger charge is 2.03. The molecule has 2 nitrogen and oxygen atoms in total. The average Bonchev–Trinajstić information content (AvgIpc) is 2.32. The minimum atomic E-state index is 0. The molecule has 90 valence electrons. The lowest BCUT2D eigenvalue weighted by atomic mass is 10.2. The summed E-state index contributed by atoms with van der Waals surface area (Å²) in [7, 11) is 0. The van der Waals surface area contributed by atoms with Gasteiger partial charge in [0.25, 0.3) is 0 Å². The first kappa shape index (κ1) is 14.1. The van der Waals surface area contributed by atoms with Crippen LogP contribution in [0.15, 0.2) is 42.6 Å². The van der Waals surface area contributed by atoms with Crippen molar-refractivity contribution in [1.82, 2.24) is 4.98 Å². The standard InChI is InChI=1S/C12H10Cl2N2.ClH/c13-10-5-3-4-9(12(10)14)8-16-11-6-1-2-7-15-11;/h1-7H,8H2,(H,15,16);1H. The first-order chi connectivity index (χ1) is 7.77. The normalized spacial score (nSPS) is 9.53. The molecule has 5 heteroatoms. The number of hydrogen-bond acceptors (Lipinski definition) is 2. The quantitative estimate of drug-likeness (QED) is 0.904. The molecule has 0 bridgehead atoms. The van der Waals surface area contributed by atoms with Gasteiger partial charge in [-0.2, -0.15) is 0 Å². The largest absolute Gasteiger partial charge is 0.366 e. The molecule has 0 atom stereocenters. The van der Waals surface area contributed by atoms with E-state index in [0.29, 0.717) is 16.6 Å². The van der Waals surface area contributed by atoms with Crippen LogP contribution in [0.5, 0.6) is 0 Å². The van der Waals surface area contributed by atoms with E-state index in [1.54, 1.807) is 12.3 Å². The van der Waals surface area contributed by atoms with Crippen LogP contribution in [0.4, 0.5) is 5.82 Å². The first-order valence-electron chi connectivity index (χ1n) is 4.85. The van der Waals surface area contributed by atoms with Crippen LogP contribution in [-0.4, -0.2) is 4.98 Å². The molecule has 0 aliphatic heterocycles. The molecule has 1 heterocycles. The molecule has 2 aromatic rings. The van der Waals surface area contributed by atoms with Crippen molar-refractivity contribution in [2.75, 3.05) is 5.32 Å². The summed E-state index contributed by atoms with van der Waals surface area (Å²) in [4.78, 5) is 4.16. The number of benzene rings is 1. The number of aromatic nitrogens is 1. The lowest BCUT2D eigenvalue weighted by molar-refractivity contribution is 1.11. The molecule has 0 unspecified atom stereocenters. The summed E-state index contributed by atoms with van der Waals surface area (Å²) in [5, 5.41) is 4.34. The molecule has 0 saturated heterocycles. The van der Waals surface area contributed by atoms with Crippen molar-refractivity contribution in [2.45, 2.75) is 6.54 Å². The Bertz CT molecular complexity index is 474. The molecule has 2 rings (SSSR count). The number of halogens is 3. The van der Waals surface area contributed by atoms with E-state index in [2.05, 4.69) is 10.3 Å². The van der Waals surface area contributed by atoms with Crippen LogP contribution in [0.3, 0.4) is 0 Å². The third kappa shape index (κ3) is 3.77. The van der Waals surface area contributed by atoms with Gasteiger partial charge in [0.1, 0.15) is 5.82 Å². The van der Waals surface area contributed by atoms with E-state index in [-0.39, 0.29) is 12.4 Å². The Kier molecular flexibility index (Phi) is 5.56. The van der Waals surface area contributed by atoms with Gasteiger partial charge in [-0.05, 0) is 23.8 Å². The second-order valence-corrected chi connectivity index (χ2v) is 4.07. The van der Waals surface area contributed by atoms with Gasteiger partial charge in [0, 0.05) is 12.7 Å². The van der Waals surface area contributed by atoms with Crippen LogP contribution in [-0.2, 0) is 6.54 Å². The van der Waals surface area contributed by atoms with Crippen molar-refractivity contribution in [3.05, 3.63) is 58.2 Å². The van der Waals surface area contributed by atoms with E-state index in [9.17, 15) is 0 Å². The lowest BCUT2D eigenvalue weighted by Crippen LogP contribution is -2.01. The van der Waals surface area contributed by atoms with E-state index < -0.39 is 0 Å². The monoisotopic (exact) mass is 288 g/mol. The molecule has 0 fully saturated rings. The fourth-order valence-electron chi connectivity index (χ4n) is 1.34. The number of hydrogen-bond donors (Lipinski definition) is 1. The van der Waals surface area contributed by atoms with Gasteiger partial charge in [0.15, 0.2) is 0 Å². The van der Waals surface area contributed by atoms with E-state index in [1.807, 2.05) is 30.3 Å².